The van der Waals surface area contributed by atoms with Crippen molar-refractivity contribution in [3.63, 3.8) is 0 Å². The monoisotopic (exact) mass is 1110 g/mol. The van der Waals surface area contributed by atoms with Crippen LogP contribution in [0.2, 0.25) is 0 Å². The molecule has 0 radical (unpaired) electrons. The second-order valence-electron chi connectivity index (χ2n) is 19.9. The number of amides is 1. The number of para-hydroxylation sites is 2. The van der Waals surface area contributed by atoms with E-state index in [1.807, 2.05) is 33.8 Å². The highest BCUT2D eigenvalue weighted by atomic mass is 19.1. The molecule has 1 amide bonds. The van der Waals surface area contributed by atoms with Crippen molar-refractivity contribution in [1.82, 2.24) is 44.2 Å². The van der Waals surface area contributed by atoms with Crippen LogP contribution in [0.5, 0.6) is 0 Å². The number of aryl methyl sites for hydroxylation is 2. The van der Waals surface area contributed by atoms with E-state index in [2.05, 4.69) is 68.4 Å². The normalized spacial score (nSPS) is 11.8. The number of carboxylic acids is 1. The molecule has 81 heavy (non-hydrogen) atoms. The molecule has 0 aliphatic carbocycles. The Kier molecular flexibility index (Phi) is 20.2. The number of nitrogens with zero attached hydrogens (tertiary/aromatic N) is 8. The van der Waals surface area contributed by atoms with Crippen molar-refractivity contribution >= 4 is 45.8 Å². The summed E-state index contributed by atoms with van der Waals surface area (Å²) >= 11 is 0. The Balaban J connectivity index is 0.000000235. The van der Waals surface area contributed by atoms with Gasteiger partial charge in [-0.1, -0.05) is 65.8 Å². The van der Waals surface area contributed by atoms with E-state index in [0.29, 0.717) is 51.9 Å². The van der Waals surface area contributed by atoms with Gasteiger partial charge in [0, 0.05) is 58.7 Å². The van der Waals surface area contributed by atoms with E-state index in [1.165, 1.54) is 42.5 Å². The number of nitrogens with one attached hydrogen (secondary N) is 3. The number of carboxylic acid groups (broad SMARTS) is 1. The van der Waals surface area contributed by atoms with Gasteiger partial charge in [-0.25, -0.2) is 32.3 Å². The Morgan fingerprint density at radius 1 is 0.568 bits per heavy atom. The second kappa shape index (κ2) is 27.2. The highest BCUT2D eigenvalue weighted by Gasteiger charge is 2.24. The van der Waals surface area contributed by atoms with Crippen molar-refractivity contribution < 1.29 is 32.3 Å². The molecule has 1 atom stereocenters. The van der Waals surface area contributed by atoms with Gasteiger partial charge in [-0.15, -0.1) is 0 Å². The van der Waals surface area contributed by atoms with E-state index in [1.54, 1.807) is 31.2 Å². The van der Waals surface area contributed by atoms with Crippen LogP contribution < -0.4 is 27.1 Å². The highest BCUT2D eigenvalue weighted by molar-refractivity contribution is 5.99. The van der Waals surface area contributed by atoms with E-state index in [-0.39, 0.29) is 46.6 Å². The van der Waals surface area contributed by atoms with E-state index < -0.39 is 51.7 Å². The van der Waals surface area contributed by atoms with Crippen LogP contribution in [0.15, 0.2) is 107 Å². The van der Waals surface area contributed by atoms with Crippen LogP contribution in [0, 0.1) is 43.0 Å². The molecule has 426 valence electrons. The molecule has 16 nitrogen and oxygen atoms in total. The first-order chi connectivity index (χ1) is 38.8. The molecule has 0 spiro atoms. The summed E-state index contributed by atoms with van der Waals surface area (Å²) in [6.07, 6.45) is 1.60. The lowest BCUT2D eigenvalue weighted by Crippen LogP contribution is -2.36. The standard InChI is InChI=1S/C33H40F2N6O2.C28H29F2N5O3/c1-7-40(8-2)18-10-17-36-33-38-29(25-19-23(14-13-21(25)5)32(43)37-22(6)20(3)4)24-15-16-28(42)41(31(24)39-33)30-26(34)11-9-12-27(30)35;1-4-34(5-2)15-7-14-31-28-32-24(20-16-18(27(37)38)11-10-17(20)3)19-12-13-23(36)35(26(19)33-28)25-21(29)8-6-9-22(25)30/h9,11-16,19-20,22H,7-8,10,17-18H2,1-6H3,(H,37,43)(H,36,38,39);6,8-13,16H,4-5,7,14-15H2,1-3H3,(H,37,38)(H,31,32,33)/t22-;/m0./s1. The summed E-state index contributed by atoms with van der Waals surface area (Å²) in [6, 6.07) is 22.2. The maximum atomic E-state index is 15.0. The third-order valence-corrected chi connectivity index (χ3v) is 14.3. The van der Waals surface area contributed by atoms with Crippen molar-refractivity contribution in [2.45, 2.75) is 81.2 Å². The van der Waals surface area contributed by atoms with Crippen LogP contribution >= 0.6 is 0 Å². The first kappa shape index (κ1) is 60.3. The zero-order valence-corrected chi connectivity index (χ0v) is 47.1. The van der Waals surface area contributed by atoms with Crippen molar-refractivity contribution in [3.8, 4) is 33.9 Å². The molecular weight excluding hydrogens is 1040 g/mol. The zero-order chi connectivity index (χ0) is 58.7. The number of fused-ring (bicyclic) bond motifs is 2. The van der Waals surface area contributed by atoms with Crippen LogP contribution in [0.1, 0.15) is 93.2 Å². The molecule has 0 aliphatic heterocycles. The Morgan fingerprint density at radius 2 is 0.963 bits per heavy atom. The predicted octanol–water partition coefficient (Wildman–Crippen LogP) is 10.8. The molecule has 0 saturated heterocycles. The fraction of sp³-hybridized carbons (Fsp3) is 0.344. The third-order valence-electron chi connectivity index (χ3n) is 14.3. The number of rotatable bonds is 22. The molecule has 4 heterocycles. The summed E-state index contributed by atoms with van der Waals surface area (Å²) in [5.74, 6) is -4.33. The smallest absolute Gasteiger partial charge is 0.335 e. The third kappa shape index (κ3) is 14.0. The van der Waals surface area contributed by atoms with Crippen molar-refractivity contribution in [1.29, 1.82) is 0 Å². The van der Waals surface area contributed by atoms with Gasteiger partial charge in [-0.05, 0) is 151 Å². The summed E-state index contributed by atoms with van der Waals surface area (Å²) < 4.78 is 61.5. The van der Waals surface area contributed by atoms with Crippen LogP contribution in [-0.2, 0) is 0 Å². The maximum absolute atomic E-state index is 15.0. The SMILES string of the molecule is CCN(CC)CCCNc1nc(-c2cc(C(=O)N[C@@H](C)C(C)C)ccc2C)c2ccc(=O)n(-c3c(F)cccc3F)c2n1.CCN(CC)CCCNc1nc(-c2cc(C(=O)O)ccc2C)c2ccc(=O)n(-c3c(F)cccc3F)c2n1. The zero-order valence-electron chi connectivity index (χ0n) is 47.1. The number of aromatic carboxylic acids is 1. The average Bonchev–Trinajstić information content (AvgIpc) is 3.29. The average molecular weight is 1110 g/mol. The fourth-order valence-corrected chi connectivity index (χ4v) is 9.21. The first-order valence-corrected chi connectivity index (χ1v) is 27.2. The molecule has 8 aromatic rings. The summed E-state index contributed by atoms with van der Waals surface area (Å²) in [5.41, 5.74) is 1.67. The Hall–Kier alpha value is -8.36. The molecule has 0 unspecified atom stereocenters. The molecule has 0 saturated carbocycles. The van der Waals surface area contributed by atoms with Crippen LogP contribution in [0.25, 0.3) is 56.0 Å². The van der Waals surface area contributed by atoms with E-state index in [4.69, 9.17) is 4.98 Å². The molecule has 4 N–H and O–H groups in total. The van der Waals surface area contributed by atoms with Gasteiger partial charge in [0.2, 0.25) is 11.9 Å². The molecular formula is C61H69F4N11O5. The van der Waals surface area contributed by atoms with Crippen molar-refractivity contribution in [2.75, 3.05) is 63.0 Å². The number of hydrogen-bond donors (Lipinski definition) is 4. The van der Waals surface area contributed by atoms with E-state index in [0.717, 1.165) is 96.6 Å². The van der Waals surface area contributed by atoms with Crippen molar-refractivity contribution in [3.05, 3.63) is 163 Å². The van der Waals surface area contributed by atoms with Gasteiger partial charge in [0.1, 0.15) is 34.6 Å². The molecule has 0 fully saturated rings. The summed E-state index contributed by atoms with van der Waals surface area (Å²) in [7, 11) is 0. The Bertz CT molecular complexity index is 3650. The lowest BCUT2D eigenvalue weighted by molar-refractivity contribution is 0.0696. The first-order valence-electron chi connectivity index (χ1n) is 27.2. The van der Waals surface area contributed by atoms with Crippen molar-refractivity contribution in [2.24, 2.45) is 5.92 Å². The Labute approximate surface area is 467 Å². The topological polar surface area (TPSA) is 192 Å². The largest absolute Gasteiger partial charge is 0.478 e. The van der Waals surface area contributed by atoms with Gasteiger partial charge in [-0.2, -0.15) is 9.97 Å². The minimum absolute atomic E-state index is 0.00197. The quantitative estimate of drug-likeness (QED) is 0.0370. The summed E-state index contributed by atoms with van der Waals surface area (Å²) in [4.78, 5) is 74.1. The molecule has 4 aromatic heterocycles. The molecule has 8 rings (SSSR count). The molecule has 20 heteroatoms. The van der Waals surface area contributed by atoms with Gasteiger partial charge in [0.25, 0.3) is 17.0 Å². The number of carbonyl (C=O) groups is 2. The second-order valence-corrected chi connectivity index (χ2v) is 19.9. The van der Waals surface area contributed by atoms with E-state index >= 15 is 8.78 Å². The lowest BCUT2D eigenvalue weighted by Gasteiger charge is -2.19. The number of hydrogen-bond acceptors (Lipinski definition) is 12. The van der Waals surface area contributed by atoms with Gasteiger partial charge in [-0.3, -0.25) is 23.5 Å². The van der Waals surface area contributed by atoms with Crippen LogP contribution in [0.3, 0.4) is 0 Å². The minimum Gasteiger partial charge on any atom is -0.478 e. The Morgan fingerprint density at radius 3 is 1.35 bits per heavy atom. The minimum atomic E-state index is -1.11. The molecule has 0 aliphatic rings. The van der Waals surface area contributed by atoms with Gasteiger partial charge >= 0.3 is 5.97 Å². The van der Waals surface area contributed by atoms with Gasteiger partial charge in [0.15, 0.2) is 11.3 Å². The van der Waals surface area contributed by atoms with E-state index in [9.17, 15) is 33.1 Å². The number of pyridine rings is 2. The number of aromatic nitrogens is 6. The number of carbonyl (C=O) groups excluding carboxylic acids is 1. The fourth-order valence-electron chi connectivity index (χ4n) is 9.21. The lowest BCUT2D eigenvalue weighted by atomic mass is 9.99. The maximum Gasteiger partial charge on any atom is 0.335 e. The summed E-state index contributed by atoms with van der Waals surface area (Å²) in [5, 5.41) is 19.7. The number of halogens is 4. The molecule has 4 aromatic carbocycles. The van der Waals surface area contributed by atoms with Gasteiger partial charge in [0.05, 0.1) is 17.0 Å². The van der Waals surface area contributed by atoms with Crippen LogP contribution in [-0.4, -0.2) is 114 Å². The van der Waals surface area contributed by atoms with Gasteiger partial charge < -0.3 is 30.9 Å². The summed E-state index contributed by atoms with van der Waals surface area (Å²) in [6.45, 7) is 24.6. The van der Waals surface area contributed by atoms with Crippen LogP contribution in [0.4, 0.5) is 29.5 Å². The highest BCUT2D eigenvalue weighted by Crippen LogP contribution is 2.34. The molecule has 0 bridgehead atoms. The number of benzene rings is 4. The predicted molar refractivity (Wildman–Crippen MR) is 311 cm³/mol. The number of anilines is 2.